The Bertz CT molecular complexity index is 471. The summed E-state index contributed by atoms with van der Waals surface area (Å²) in [6.07, 6.45) is 1.23. The minimum Gasteiger partial charge on any atom is -0.481 e. The molecular weight excluding hydrogens is 256 g/mol. The highest BCUT2D eigenvalue weighted by Crippen LogP contribution is 2.20. The molecule has 1 atom stereocenters. The topological polar surface area (TPSA) is 92.4 Å². The summed E-state index contributed by atoms with van der Waals surface area (Å²) in [4.78, 5) is 23.1. The van der Waals surface area contributed by atoms with Crippen molar-refractivity contribution >= 4 is 11.9 Å². The van der Waals surface area contributed by atoms with Crippen LogP contribution in [0, 0.1) is 5.41 Å². The lowest BCUT2D eigenvalue weighted by molar-refractivity contribution is -0.147. The van der Waals surface area contributed by atoms with Crippen molar-refractivity contribution in [3.05, 3.63) is 35.4 Å². The van der Waals surface area contributed by atoms with Gasteiger partial charge in [-0.1, -0.05) is 19.1 Å². The minimum atomic E-state index is -0.935. The van der Waals surface area contributed by atoms with Gasteiger partial charge in [0.05, 0.1) is 5.41 Å². The largest absolute Gasteiger partial charge is 0.481 e. The molecule has 1 amide bonds. The number of benzene rings is 1. The van der Waals surface area contributed by atoms with Gasteiger partial charge in [0.25, 0.3) is 5.91 Å². The SMILES string of the molecule is CCC(C)(CNC(=O)c1ccc(CCN)cc1)C(=O)O. The molecule has 4 N–H and O–H groups in total. The number of carbonyl (C=O) groups is 2. The summed E-state index contributed by atoms with van der Waals surface area (Å²) in [7, 11) is 0. The number of carbonyl (C=O) groups excluding carboxylic acids is 1. The maximum absolute atomic E-state index is 12.0. The third-order valence-electron chi connectivity index (χ3n) is 3.58. The molecular formula is C15H22N2O3. The van der Waals surface area contributed by atoms with Gasteiger partial charge in [0.1, 0.15) is 0 Å². The predicted molar refractivity (Wildman–Crippen MR) is 77.6 cm³/mol. The molecule has 20 heavy (non-hydrogen) atoms. The molecule has 0 aliphatic heterocycles. The number of amides is 1. The molecule has 1 unspecified atom stereocenters. The van der Waals surface area contributed by atoms with E-state index in [4.69, 9.17) is 10.8 Å². The van der Waals surface area contributed by atoms with Crippen molar-refractivity contribution in [1.82, 2.24) is 5.32 Å². The van der Waals surface area contributed by atoms with Gasteiger partial charge in [0.15, 0.2) is 0 Å². The first-order valence-corrected chi connectivity index (χ1v) is 6.73. The molecule has 5 heteroatoms. The van der Waals surface area contributed by atoms with E-state index in [1.54, 1.807) is 26.0 Å². The van der Waals surface area contributed by atoms with E-state index in [2.05, 4.69) is 5.32 Å². The average molecular weight is 278 g/mol. The van der Waals surface area contributed by atoms with Crippen LogP contribution >= 0.6 is 0 Å². The molecule has 0 saturated heterocycles. The summed E-state index contributed by atoms with van der Waals surface area (Å²) in [5, 5.41) is 11.8. The monoisotopic (exact) mass is 278 g/mol. The first-order chi connectivity index (χ1) is 9.42. The van der Waals surface area contributed by atoms with Gasteiger partial charge in [-0.2, -0.15) is 0 Å². The molecule has 0 bridgehead atoms. The Morgan fingerprint density at radius 2 is 1.90 bits per heavy atom. The van der Waals surface area contributed by atoms with E-state index >= 15 is 0 Å². The van der Waals surface area contributed by atoms with Crippen LogP contribution < -0.4 is 11.1 Å². The molecule has 0 aliphatic carbocycles. The number of nitrogens with two attached hydrogens (primary N) is 1. The van der Waals surface area contributed by atoms with E-state index < -0.39 is 11.4 Å². The molecule has 0 fully saturated rings. The zero-order valence-corrected chi connectivity index (χ0v) is 12.0. The second kappa shape index (κ2) is 7.05. The summed E-state index contributed by atoms with van der Waals surface area (Å²) in [5.74, 6) is -1.16. The van der Waals surface area contributed by atoms with E-state index in [0.717, 1.165) is 12.0 Å². The highest BCUT2D eigenvalue weighted by atomic mass is 16.4. The van der Waals surface area contributed by atoms with Gasteiger partial charge in [0.2, 0.25) is 0 Å². The molecule has 1 aromatic carbocycles. The van der Waals surface area contributed by atoms with Crippen LogP contribution in [0.2, 0.25) is 0 Å². The molecule has 0 aromatic heterocycles. The van der Waals surface area contributed by atoms with Gasteiger partial charge in [-0.25, -0.2) is 0 Å². The van der Waals surface area contributed by atoms with Crippen LogP contribution in [0.15, 0.2) is 24.3 Å². The number of nitrogens with one attached hydrogen (secondary N) is 1. The third kappa shape index (κ3) is 4.06. The summed E-state index contributed by atoms with van der Waals surface area (Å²) in [5.41, 5.74) is 6.13. The molecule has 0 saturated carbocycles. The standard InChI is InChI=1S/C15H22N2O3/c1-3-15(2,14(19)20)10-17-13(18)12-6-4-11(5-7-12)8-9-16/h4-7H,3,8-10,16H2,1-2H3,(H,17,18)(H,19,20). The van der Waals surface area contributed by atoms with Crippen LogP contribution in [0.5, 0.6) is 0 Å². The normalized spacial score (nSPS) is 13.6. The predicted octanol–water partition coefficient (Wildman–Crippen LogP) is 1.42. The number of aliphatic carboxylic acids is 1. The molecule has 110 valence electrons. The van der Waals surface area contributed by atoms with Gasteiger partial charge >= 0.3 is 5.97 Å². The quantitative estimate of drug-likeness (QED) is 0.703. The van der Waals surface area contributed by atoms with Crippen molar-refractivity contribution in [1.29, 1.82) is 0 Å². The van der Waals surface area contributed by atoms with Crippen LogP contribution in [-0.2, 0) is 11.2 Å². The van der Waals surface area contributed by atoms with E-state index in [9.17, 15) is 9.59 Å². The Morgan fingerprint density at radius 1 is 1.30 bits per heavy atom. The van der Waals surface area contributed by atoms with Crippen LogP contribution in [0.1, 0.15) is 36.2 Å². The van der Waals surface area contributed by atoms with Crippen molar-refractivity contribution in [2.24, 2.45) is 11.1 Å². The zero-order chi connectivity index (χ0) is 15.2. The molecule has 0 spiro atoms. The van der Waals surface area contributed by atoms with Gasteiger partial charge in [0, 0.05) is 12.1 Å². The van der Waals surface area contributed by atoms with Gasteiger partial charge in [-0.05, 0) is 44.0 Å². The molecule has 1 aromatic rings. The Balaban J connectivity index is 2.65. The van der Waals surface area contributed by atoms with Crippen molar-refractivity contribution in [2.75, 3.05) is 13.1 Å². The fourth-order valence-electron chi connectivity index (χ4n) is 1.72. The van der Waals surface area contributed by atoms with E-state index in [1.165, 1.54) is 0 Å². The van der Waals surface area contributed by atoms with E-state index in [-0.39, 0.29) is 12.5 Å². The van der Waals surface area contributed by atoms with E-state index in [1.807, 2.05) is 12.1 Å². The molecule has 1 rings (SSSR count). The number of hydrogen-bond donors (Lipinski definition) is 3. The summed E-state index contributed by atoms with van der Waals surface area (Å²) >= 11 is 0. The fourth-order valence-corrected chi connectivity index (χ4v) is 1.72. The van der Waals surface area contributed by atoms with Crippen LogP contribution in [0.3, 0.4) is 0 Å². The van der Waals surface area contributed by atoms with Crippen molar-refractivity contribution in [3.63, 3.8) is 0 Å². The minimum absolute atomic E-state index is 0.113. The first-order valence-electron chi connectivity index (χ1n) is 6.73. The number of hydrogen-bond acceptors (Lipinski definition) is 3. The molecule has 5 nitrogen and oxygen atoms in total. The highest BCUT2D eigenvalue weighted by molar-refractivity contribution is 5.94. The second-order valence-corrected chi connectivity index (χ2v) is 5.14. The van der Waals surface area contributed by atoms with Crippen LogP contribution in [0.4, 0.5) is 0 Å². The van der Waals surface area contributed by atoms with Crippen molar-refractivity contribution in [2.45, 2.75) is 26.7 Å². The summed E-state index contributed by atoms with van der Waals surface area (Å²) in [6, 6.07) is 7.17. The second-order valence-electron chi connectivity index (χ2n) is 5.14. The number of carboxylic acid groups (broad SMARTS) is 1. The molecule has 0 heterocycles. The Kier molecular flexibility index (Phi) is 5.70. The number of carboxylic acids is 1. The van der Waals surface area contributed by atoms with Gasteiger partial charge < -0.3 is 16.2 Å². The Morgan fingerprint density at radius 3 is 2.35 bits per heavy atom. The molecule has 0 aliphatic rings. The fraction of sp³-hybridized carbons (Fsp3) is 0.467. The lowest BCUT2D eigenvalue weighted by Gasteiger charge is -2.23. The van der Waals surface area contributed by atoms with Crippen LogP contribution in [-0.4, -0.2) is 30.1 Å². The van der Waals surface area contributed by atoms with Crippen molar-refractivity contribution in [3.8, 4) is 0 Å². The maximum atomic E-state index is 12.0. The average Bonchev–Trinajstić information content (AvgIpc) is 2.45. The Labute approximate surface area is 119 Å². The lowest BCUT2D eigenvalue weighted by Crippen LogP contribution is -2.40. The van der Waals surface area contributed by atoms with Gasteiger partial charge in [-0.3, -0.25) is 9.59 Å². The summed E-state index contributed by atoms with van der Waals surface area (Å²) in [6.45, 7) is 4.10. The third-order valence-corrected chi connectivity index (χ3v) is 3.58. The first kappa shape index (κ1) is 16.2. The van der Waals surface area contributed by atoms with Gasteiger partial charge in [-0.15, -0.1) is 0 Å². The summed E-state index contributed by atoms with van der Waals surface area (Å²) < 4.78 is 0. The smallest absolute Gasteiger partial charge is 0.311 e. The molecule has 0 radical (unpaired) electrons. The van der Waals surface area contributed by atoms with E-state index in [0.29, 0.717) is 18.5 Å². The number of rotatable bonds is 7. The maximum Gasteiger partial charge on any atom is 0.311 e. The van der Waals surface area contributed by atoms with Crippen molar-refractivity contribution < 1.29 is 14.7 Å². The van der Waals surface area contributed by atoms with Crippen LogP contribution in [0.25, 0.3) is 0 Å². The highest BCUT2D eigenvalue weighted by Gasteiger charge is 2.31. The lowest BCUT2D eigenvalue weighted by atomic mass is 9.87. The Hall–Kier alpha value is -1.88. The zero-order valence-electron chi connectivity index (χ0n) is 12.0.